The topological polar surface area (TPSA) is 74.1 Å². The van der Waals surface area contributed by atoms with Crippen LogP contribution in [-0.2, 0) is 0 Å². The SMILES string of the molecule is CC(C)(/C=N/O)NCN=O. The minimum absolute atomic E-state index is 0.0129. The Morgan fingerprint density at radius 3 is 2.70 bits per heavy atom. The fraction of sp³-hybridized carbons (Fsp3) is 0.800. The van der Waals surface area contributed by atoms with Gasteiger partial charge in [-0.2, -0.15) is 0 Å². The highest BCUT2D eigenvalue weighted by Gasteiger charge is 2.12. The van der Waals surface area contributed by atoms with E-state index in [-0.39, 0.29) is 6.67 Å². The quantitative estimate of drug-likeness (QED) is 0.262. The summed E-state index contributed by atoms with van der Waals surface area (Å²) in [6.45, 7) is 3.54. The van der Waals surface area contributed by atoms with Crippen molar-refractivity contribution in [2.45, 2.75) is 19.4 Å². The monoisotopic (exact) mass is 145 g/mol. The molecule has 0 amide bonds. The number of nitrogens with one attached hydrogen (secondary N) is 1. The lowest BCUT2D eigenvalue weighted by atomic mass is 10.1. The third-order valence-electron chi connectivity index (χ3n) is 0.980. The van der Waals surface area contributed by atoms with Crippen molar-refractivity contribution in [1.29, 1.82) is 0 Å². The number of hydrogen-bond donors (Lipinski definition) is 2. The number of oxime groups is 1. The van der Waals surface area contributed by atoms with Gasteiger partial charge in [-0.25, -0.2) is 0 Å². The number of nitroso groups, excluding NO2 is 1. The molecule has 2 N–H and O–H groups in total. The second-order valence-electron chi connectivity index (χ2n) is 2.43. The highest BCUT2D eigenvalue weighted by atomic mass is 16.4. The van der Waals surface area contributed by atoms with Gasteiger partial charge in [0.1, 0.15) is 6.67 Å². The molecule has 0 atom stereocenters. The normalized spacial score (nSPS) is 12.2. The summed E-state index contributed by atoms with van der Waals surface area (Å²) in [4.78, 5) is 9.64. The van der Waals surface area contributed by atoms with Crippen LogP contribution in [0.1, 0.15) is 13.8 Å². The maximum Gasteiger partial charge on any atom is 0.132 e. The van der Waals surface area contributed by atoms with E-state index in [9.17, 15) is 4.91 Å². The van der Waals surface area contributed by atoms with E-state index in [0.29, 0.717) is 0 Å². The Hall–Kier alpha value is -0.970. The average molecular weight is 145 g/mol. The van der Waals surface area contributed by atoms with E-state index in [1.165, 1.54) is 6.21 Å². The maximum absolute atomic E-state index is 9.64. The van der Waals surface area contributed by atoms with Crippen molar-refractivity contribution in [3.05, 3.63) is 4.91 Å². The highest BCUT2D eigenvalue weighted by molar-refractivity contribution is 5.68. The van der Waals surface area contributed by atoms with E-state index < -0.39 is 5.54 Å². The van der Waals surface area contributed by atoms with Gasteiger partial charge in [0.15, 0.2) is 0 Å². The standard InChI is InChI=1S/C5H11N3O2/c1-5(2,3-7-9)6-4-8-10/h3,6,9H,4H2,1-2H3/b7-3+. The van der Waals surface area contributed by atoms with Crippen LogP contribution in [0.2, 0.25) is 0 Å². The Morgan fingerprint density at radius 1 is 1.70 bits per heavy atom. The van der Waals surface area contributed by atoms with Gasteiger partial charge < -0.3 is 5.21 Å². The molecule has 0 spiro atoms. The van der Waals surface area contributed by atoms with E-state index in [0.717, 1.165) is 0 Å². The first-order valence-electron chi connectivity index (χ1n) is 2.85. The van der Waals surface area contributed by atoms with Gasteiger partial charge in [-0.05, 0) is 13.8 Å². The molecule has 5 nitrogen and oxygen atoms in total. The summed E-state index contributed by atoms with van der Waals surface area (Å²) < 4.78 is 0. The molecule has 0 saturated carbocycles. The van der Waals surface area contributed by atoms with Crippen LogP contribution in [-0.4, -0.2) is 23.6 Å². The lowest BCUT2D eigenvalue weighted by molar-refractivity contribution is 0.315. The lowest BCUT2D eigenvalue weighted by Gasteiger charge is -2.17. The second kappa shape index (κ2) is 3.94. The van der Waals surface area contributed by atoms with Crippen molar-refractivity contribution in [3.8, 4) is 0 Å². The largest absolute Gasteiger partial charge is 0.411 e. The Bertz CT molecular complexity index is 133. The molecule has 0 heterocycles. The molecule has 0 unspecified atom stereocenters. The third kappa shape index (κ3) is 3.96. The number of nitrogens with zero attached hydrogens (tertiary/aromatic N) is 2. The second-order valence-corrected chi connectivity index (χ2v) is 2.43. The molecule has 0 aromatic heterocycles. The Labute approximate surface area is 59.1 Å². The first-order valence-corrected chi connectivity index (χ1v) is 2.85. The molecular weight excluding hydrogens is 134 g/mol. The molecule has 0 aromatic rings. The van der Waals surface area contributed by atoms with Crippen molar-refractivity contribution in [3.63, 3.8) is 0 Å². The summed E-state index contributed by atoms with van der Waals surface area (Å²) >= 11 is 0. The van der Waals surface area contributed by atoms with Crippen LogP contribution in [0.15, 0.2) is 10.3 Å². The van der Waals surface area contributed by atoms with Crippen molar-refractivity contribution >= 4 is 6.21 Å². The molecule has 0 radical (unpaired) electrons. The van der Waals surface area contributed by atoms with Crippen LogP contribution in [0.3, 0.4) is 0 Å². The van der Waals surface area contributed by atoms with Crippen molar-refractivity contribution in [2.24, 2.45) is 10.3 Å². The molecule has 0 fully saturated rings. The zero-order valence-corrected chi connectivity index (χ0v) is 6.03. The van der Waals surface area contributed by atoms with Gasteiger partial charge in [-0.3, -0.25) is 5.32 Å². The molecule has 0 aromatic carbocycles. The van der Waals surface area contributed by atoms with Crippen LogP contribution in [0, 0.1) is 4.91 Å². The predicted octanol–water partition coefficient (Wildman–Crippen LogP) is 0.538. The first kappa shape index (κ1) is 9.03. The van der Waals surface area contributed by atoms with Gasteiger partial charge in [0.25, 0.3) is 0 Å². The minimum Gasteiger partial charge on any atom is -0.411 e. The van der Waals surface area contributed by atoms with Gasteiger partial charge in [-0.15, -0.1) is 10.1 Å². The van der Waals surface area contributed by atoms with Crippen LogP contribution in [0.4, 0.5) is 0 Å². The van der Waals surface area contributed by atoms with Crippen LogP contribution in [0.5, 0.6) is 0 Å². The summed E-state index contributed by atoms with van der Waals surface area (Å²) in [7, 11) is 0. The molecule has 0 aliphatic rings. The van der Waals surface area contributed by atoms with Crippen molar-refractivity contribution in [1.82, 2.24) is 5.32 Å². The Balaban J connectivity index is 3.73. The lowest BCUT2D eigenvalue weighted by Crippen LogP contribution is -2.40. The third-order valence-corrected chi connectivity index (χ3v) is 0.980. The van der Waals surface area contributed by atoms with E-state index >= 15 is 0 Å². The fourth-order valence-electron chi connectivity index (χ4n) is 0.426. The van der Waals surface area contributed by atoms with Gasteiger partial charge in [0.2, 0.25) is 0 Å². The fourth-order valence-corrected chi connectivity index (χ4v) is 0.426. The molecular formula is C5H11N3O2. The van der Waals surface area contributed by atoms with Crippen LogP contribution >= 0.6 is 0 Å². The summed E-state index contributed by atoms with van der Waals surface area (Å²) in [5.74, 6) is 0. The Kier molecular flexibility index (Phi) is 3.56. The zero-order chi connectivity index (χ0) is 8.04. The van der Waals surface area contributed by atoms with E-state index in [2.05, 4.69) is 15.6 Å². The maximum atomic E-state index is 9.64. The molecule has 0 aliphatic carbocycles. The number of hydrogen-bond acceptors (Lipinski definition) is 5. The van der Waals surface area contributed by atoms with E-state index in [1.54, 1.807) is 13.8 Å². The smallest absolute Gasteiger partial charge is 0.132 e. The molecule has 0 saturated heterocycles. The Morgan fingerprint density at radius 2 is 2.30 bits per heavy atom. The molecule has 5 heteroatoms. The highest BCUT2D eigenvalue weighted by Crippen LogP contribution is 1.95. The van der Waals surface area contributed by atoms with Crippen molar-refractivity contribution < 1.29 is 5.21 Å². The van der Waals surface area contributed by atoms with Crippen molar-refractivity contribution in [2.75, 3.05) is 6.67 Å². The molecule has 0 bridgehead atoms. The summed E-state index contributed by atoms with van der Waals surface area (Å²) in [6.07, 6.45) is 1.29. The van der Waals surface area contributed by atoms with Gasteiger partial charge in [0, 0.05) is 0 Å². The van der Waals surface area contributed by atoms with E-state index in [1.807, 2.05) is 0 Å². The summed E-state index contributed by atoms with van der Waals surface area (Å²) in [5, 5.41) is 16.3. The predicted molar refractivity (Wildman–Crippen MR) is 38.2 cm³/mol. The van der Waals surface area contributed by atoms with Crippen LogP contribution in [0.25, 0.3) is 0 Å². The first-order chi connectivity index (χ1) is 4.62. The molecule has 58 valence electrons. The van der Waals surface area contributed by atoms with Gasteiger partial charge in [-0.1, -0.05) is 5.18 Å². The summed E-state index contributed by atoms with van der Waals surface area (Å²) in [5.41, 5.74) is -0.483. The molecule has 0 rings (SSSR count). The molecule has 10 heavy (non-hydrogen) atoms. The molecule has 0 aliphatic heterocycles. The van der Waals surface area contributed by atoms with Gasteiger partial charge in [0.05, 0.1) is 11.8 Å². The number of rotatable bonds is 4. The van der Waals surface area contributed by atoms with E-state index in [4.69, 9.17) is 5.21 Å². The average Bonchev–Trinajstić information content (AvgIpc) is 1.84. The zero-order valence-electron chi connectivity index (χ0n) is 6.03. The van der Waals surface area contributed by atoms with Gasteiger partial charge >= 0.3 is 0 Å². The van der Waals surface area contributed by atoms with Crippen LogP contribution < -0.4 is 5.32 Å². The minimum atomic E-state index is -0.483. The summed E-state index contributed by atoms with van der Waals surface area (Å²) in [6, 6.07) is 0.